The molecule has 0 radical (unpaired) electrons. The van der Waals surface area contributed by atoms with Gasteiger partial charge in [0.2, 0.25) is 10.0 Å². The molecule has 3 rings (SSSR count). The van der Waals surface area contributed by atoms with Crippen LogP contribution in [-0.4, -0.2) is 44.4 Å². The van der Waals surface area contributed by atoms with E-state index >= 15 is 0 Å². The number of nitrogens with one attached hydrogen (secondary N) is 1. The zero-order chi connectivity index (χ0) is 22.3. The van der Waals surface area contributed by atoms with Gasteiger partial charge in [-0.3, -0.25) is 4.79 Å². The molecule has 1 amide bonds. The molecular formula is C24H32N2O4S. The minimum atomic E-state index is -3.48. The van der Waals surface area contributed by atoms with Crippen molar-refractivity contribution in [2.24, 2.45) is 0 Å². The van der Waals surface area contributed by atoms with Gasteiger partial charge in [0, 0.05) is 19.1 Å². The molecule has 168 valence electrons. The molecule has 1 heterocycles. The van der Waals surface area contributed by atoms with E-state index in [0.29, 0.717) is 24.4 Å². The molecule has 2 aromatic carbocycles. The minimum absolute atomic E-state index is 0.0365. The fourth-order valence-electron chi connectivity index (χ4n) is 3.76. The van der Waals surface area contributed by atoms with E-state index < -0.39 is 10.0 Å². The second-order valence-corrected chi connectivity index (χ2v) is 10.1. The topological polar surface area (TPSA) is 75.7 Å². The summed E-state index contributed by atoms with van der Waals surface area (Å²) in [5.74, 6) is 0.328. The largest absolute Gasteiger partial charge is 0.484 e. The maximum Gasteiger partial charge on any atom is 0.258 e. The van der Waals surface area contributed by atoms with Crippen LogP contribution in [0.15, 0.2) is 53.4 Å². The number of ether oxygens (including phenoxy) is 1. The molecule has 1 N–H and O–H groups in total. The Morgan fingerprint density at radius 3 is 2.48 bits per heavy atom. The molecule has 1 aliphatic rings. The van der Waals surface area contributed by atoms with Crippen molar-refractivity contribution in [1.82, 2.24) is 9.62 Å². The SMILES string of the molecule is Cc1cc(S(=O)(=O)N2CCCCC2)ccc1OCC(=O)N[C@H](C)CCc1ccccc1. The molecule has 0 aliphatic carbocycles. The van der Waals surface area contributed by atoms with Crippen LogP contribution in [0.4, 0.5) is 0 Å². The average Bonchev–Trinajstić information content (AvgIpc) is 2.78. The van der Waals surface area contributed by atoms with Crippen LogP contribution in [0.2, 0.25) is 0 Å². The maximum absolute atomic E-state index is 12.8. The Morgan fingerprint density at radius 1 is 1.10 bits per heavy atom. The summed E-state index contributed by atoms with van der Waals surface area (Å²) in [6, 6.07) is 15.0. The lowest BCUT2D eigenvalue weighted by atomic mass is 10.1. The molecule has 2 aromatic rings. The fourth-order valence-corrected chi connectivity index (χ4v) is 5.36. The Labute approximate surface area is 185 Å². The quantitative estimate of drug-likeness (QED) is 0.640. The molecule has 1 atom stereocenters. The highest BCUT2D eigenvalue weighted by Crippen LogP contribution is 2.25. The Hall–Kier alpha value is -2.38. The average molecular weight is 445 g/mol. The molecule has 6 nitrogen and oxygen atoms in total. The first-order valence-corrected chi connectivity index (χ1v) is 12.4. The van der Waals surface area contributed by atoms with Crippen LogP contribution in [0.3, 0.4) is 0 Å². The standard InChI is InChI=1S/C24H32N2O4S/c1-19-17-22(31(28,29)26-15-7-4-8-16-26)13-14-23(19)30-18-24(27)25-20(2)11-12-21-9-5-3-6-10-21/h3,5-6,9-10,13-14,17,20H,4,7-8,11-12,15-16,18H2,1-2H3,(H,25,27)/t20-/m1/s1. The Kier molecular flexibility index (Phi) is 8.09. The van der Waals surface area contributed by atoms with Crippen LogP contribution in [0.5, 0.6) is 5.75 Å². The molecule has 1 fully saturated rings. The summed E-state index contributed by atoms with van der Waals surface area (Å²) in [6.07, 6.45) is 4.62. The van der Waals surface area contributed by atoms with Crippen molar-refractivity contribution in [2.45, 2.75) is 56.9 Å². The van der Waals surface area contributed by atoms with E-state index in [0.717, 1.165) is 32.1 Å². The van der Waals surface area contributed by atoms with E-state index in [1.165, 1.54) is 5.56 Å². The summed E-state index contributed by atoms with van der Waals surface area (Å²) in [6.45, 7) is 4.82. The zero-order valence-electron chi connectivity index (χ0n) is 18.3. The molecule has 0 unspecified atom stereocenters. The number of benzene rings is 2. The Morgan fingerprint density at radius 2 is 1.81 bits per heavy atom. The monoisotopic (exact) mass is 444 g/mol. The third-order valence-corrected chi connectivity index (χ3v) is 7.47. The maximum atomic E-state index is 12.8. The van der Waals surface area contributed by atoms with E-state index in [2.05, 4.69) is 17.4 Å². The van der Waals surface area contributed by atoms with Crippen molar-refractivity contribution in [1.29, 1.82) is 0 Å². The van der Waals surface area contributed by atoms with Gasteiger partial charge in [-0.2, -0.15) is 4.31 Å². The van der Waals surface area contributed by atoms with Crippen LogP contribution in [-0.2, 0) is 21.2 Å². The third-order valence-electron chi connectivity index (χ3n) is 5.57. The number of sulfonamides is 1. The third kappa shape index (κ3) is 6.55. The van der Waals surface area contributed by atoms with Crippen molar-refractivity contribution >= 4 is 15.9 Å². The Balaban J connectivity index is 1.50. The van der Waals surface area contributed by atoms with Crippen molar-refractivity contribution in [3.8, 4) is 5.75 Å². The van der Waals surface area contributed by atoms with Gasteiger partial charge in [0.1, 0.15) is 5.75 Å². The Bertz CT molecular complexity index is 970. The van der Waals surface area contributed by atoms with Crippen LogP contribution in [0, 0.1) is 6.92 Å². The summed E-state index contributed by atoms with van der Waals surface area (Å²) >= 11 is 0. The van der Waals surface area contributed by atoms with Crippen LogP contribution in [0.1, 0.15) is 43.7 Å². The molecule has 1 saturated heterocycles. The van der Waals surface area contributed by atoms with E-state index in [1.54, 1.807) is 29.4 Å². The van der Waals surface area contributed by atoms with Gasteiger partial charge in [0.05, 0.1) is 4.90 Å². The molecule has 0 bridgehead atoms. The predicted octanol–water partition coefficient (Wildman–Crippen LogP) is 3.69. The number of rotatable bonds is 9. The molecule has 0 saturated carbocycles. The summed E-state index contributed by atoms with van der Waals surface area (Å²) in [7, 11) is -3.48. The highest BCUT2D eigenvalue weighted by molar-refractivity contribution is 7.89. The number of carbonyl (C=O) groups is 1. The van der Waals surface area contributed by atoms with Gasteiger partial charge in [0.25, 0.3) is 5.91 Å². The van der Waals surface area contributed by atoms with Crippen molar-refractivity contribution in [3.05, 3.63) is 59.7 Å². The first kappa shape index (κ1) is 23.3. The first-order chi connectivity index (χ1) is 14.9. The van der Waals surface area contributed by atoms with Crippen molar-refractivity contribution in [2.75, 3.05) is 19.7 Å². The predicted molar refractivity (Wildman–Crippen MR) is 122 cm³/mol. The molecule has 31 heavy (non-hydrogen) atoms. The molecule has 0 spiro atoms. The molecular weight excluding hydrogens is 412 g/mol. The van der Waals surface area contributed by atoms with Gasteiger partial charge in [-0.05, 0) is 68.9 Å². The van der Waals surface area contributed by atoms with Crippen LogP contribution in [0.25, 0.3) is 0 Å². The van der Waals surface area contributed by atoms with E-state index in [9.17, 15) is 13.2 Å². The van der Waals surface area contributed by atoms with Crippen molar-refractivity contribution < 1.29 is 17.9 Å². The van der Waals surface area contributed by atoms with Gasteiger partial charge in [-0.25, -0.2) is 8.42 Å². The van der Waals surface area contributed by atoms with Gasteiger partial charge >= 0.3 is 0 Å². The van der Waals surface area contributed by atoms with Crippen LogP contribution >= 0.6 is 0 Å². The number of nitrogens with zero attached hydrogens (tertiary/aromatic N) is 1. The minimum Gasteiger partial charge on any atom is -0.484 e. The normalized spacial score (nSPS) is 15.9. The first-order valence-electron chi connectivity index (χ1n) is 10.9. The number of hydrogen-bond donors (Lipinski definition) is 1. The van der Waals surface area contributed by atoms with E-state index in [-0.39, 0.29) is 23.5 Å². The van der Waals surface area contributed by atoms with Gasteiger partial charge in [-0.15, -0.1) is 0 Å². The lowest BCUT2D eigenvalue weighted by Gasteiger charge is -2.26. The molecule has 0 aromatic heterocycles. The summed E-state index contributed by atoms with van der Waals surface area (Å²) in [5.41, 5.74) is 1.94. The summed E-state index contributed by atoms with van der Waals surface area (Å²) in [5, 5.41) is 2.95. The van der Waals surface area contributed by atoms with Gasteiger partial charge in [-0.1, -0.05) is 36.8 Å². The zero-order valence-corrected chi connectivity index (χ0v) is 19.2. The fraction of sp³-hybridized carbons (Fsp3) is 0.458. The lowest BCUT2D eigenvalue weighted by Crippen LogP contribution is -2.36. The number of carbonyl (C=O) groups excluding carboxylic acids is 1. The second kappa shape index (κ2) is 10.8. The molecule has 7 heteroatoms. The second-order valence-electron chi connectivity index (χ2n) is 8.17. The van der Waals surface area contributed by atoms with Crippen LogP contribution < -0.4 is 10.1 Å². The lowest BCUT2D eigenvalue weighted by molar-refractivity contribution is -0.123. The highest BCUT2D eigenvalue weighted by Gasteiger charge is 2.26. The molecule has 1 aliphatic heterocycles. The highest BCUT2D eigenvalue weighted by atomic mass is 32.2. The van der Waals surface area contributed by atoms with E-state index in [4.69, 9.17) is 4.74 Å². The smallest absolute Gasteiger partial charge is 0.258 e. The summed E-state index contributed by atoms with van der Waals surface area (Å²) < 4.78 is 32.9. The number of aryl methyl sites for hydroxylation is 2. The van der Waals surface area contributed by atoms with E-state index in [1.807, 2.05) is 25.1 Å². The number of hydrogen-bond acceptors (Lipinski definition) is 4. The van der Waals surface area contributed by atoms with Gasteiger partial charge < -0.3 is 10.1 Å². The summed E-state index contributed by atoms with van der Waals surface area (Å²) in [4.78, 5) is 12.5. The number of piperidine rings is 1. The number of amides is 1. The van der Waals surface area contributed by atoms with Gasteiger partial charge in [0.15, 0.2) is 6.61 Å². The van der Waals surface area contributed by atoms with Crippen molar-refractivity contribution in [3.63, 3.8) is 0 Å².